The van der Waals surface area contributed by atoms with Crippen LogP contribution in [0.1, 0.15) is 39.0 Å². The SMILES string of the molecule is CCC(N)C(=O)NC1CCCCC1C(F)(F)F. The third-order valence-corrected chi connectivity index (χ3v) is 3.29. The Labute approximate surface area is 98.9 Å². The molecule has 3 unspecified atom stereocenters. The molecular weight excluding hydrogens is 233 g/mol. The van der Waals surface area contributed by atoms with Gasteiger partial charge in [0.15, 0.2) is 0 Å². The Bertz CT molecular complexity index is 268. The van der Waals surface area contributed by atoms with Gasteiger partial charge in [0.2, 0.25) is 5.91 Å². The Morgan fingerprint density at radius 2 is 2.00 bits per heavy atom. The zero-order valence-corrected chi connectivity index (χ0v) is 9.89. The molecular formula is C11H19F3N2O. The van der Waals surface area contributed by atoms with Crippen molar-refractivity contribution >= 4 is 5.91 Å². The number of halogens is 3. The van der Waals surface area contributed by atoms with Crippen LogP contribution in [0, 0.1) is 5.92 Å². The number of nitrogens with one attached hydrogen (secondary N) is 1. The molecule has 3 nitrogen and oxygen atoms in total. The monoisotopic (exact) mass is 252 g/mol. The summed E-state index contributed by atoms with van der Waals surface area (Å²) in [5.74, 6) is -1.90. The van der Waals surface area contributed by atoms with Gasteiger partial charge in [-0.1, -0.05) is 19.8 Å². The van der Waals surface area contributed by atoms with Crippen LogP contribution in [-0.2, 0) is 4.79 Å². The lowest BCUT2D eigenvalue weighted by molar-refractivity contribution is -0.189. The fraction of sp³-hybridized carbons (Fsp3) is 0.909. The number of hydrogen-bond donors (Lipinski definition) is 2. The first kappa shape index (κ1) is 14.3. The third kappa shape index (κ3) is 3.87. The number of hydrogen-bond acceptors (Lipinski definition) is 2. The van der Waals surface area contributed by atoms with Crippen molar-refractivity contribution in [2.45, 2.75) is 57.3 Å². The summed E-state index contributed by atoms with van der Waals surface area (Å²) >= 11 is 0. The zero-order valence-electron chi connectivity index (χ0n) is 9.89. The Kier molecular flexibility index (Phi) is 4.80. The second-order valence-corrected chi connectivity index (χ2v) is 4.56. The summed E-state index contributed by atoms with van der Waals surface area (Å²) < 4.78 is 38.2. The van der Waals surface area contributed by atoms with Crippen molar-refractivity contribution in [2.24, 2.45) is 11.7 Å². The Hall–Kier alpha value is -0.780. The molecule has 1 aliphatic carbocycles. The Balaban J connectivity index is 2.63. The van der Waals surface area contributed by atoms with Crippen molar-refractivity contribution in [2.75, 3.05) is 0 Å². The maximum absolute atomic E-state index is 12.7. The standard InChI is InChI=1S/C11H19F3N2O/c1-2-8(15)10(17)16-9-6-4-3-5-7(9)11(12,13)14/h7-9H,2-6,15H2,1H3,(H,16,17). The quantitative estimate of drug-likeness (QED) is 0.806. The third-order valence-electron chi connectivity index (χ3n) is 3.29. The van der Waals surface area contributed by atoms with E-state index in [1.807, 2.05) is 0 Å². The minimum atomic E-state index is -4.24. The predicted octanol–water partition coefficient (Wildman–Crippen LogP) is 1.96. The molecule has 0 aromatic heterocycles. The second kappa shape index (κ2) is 5.71. The van der Waals surface area contributed by atoms with E-state index in [9.17, 15) is 18.0 Å². The van der Waals surface area contributed by atoms with Gasteiger partial charge in [-0.25, -0.2) is 0 Å². The van der Waals surface area contributed by atoms with Crippen LogP contribution in [0.15, 0.2) is 0 Å². The Morgan fingerprint density at radius 3 is 2.53 bits per heavy atom. The van der Waals surface area contributed by atoms with E-state index in [4.69, 9.17) is 5.73 Å². The molecule has 6 heteroatoms. The summed E-state index contributed by atoms with van der Waals surface area (Å²) in [5, 5.41) is 2.44. The van der Waals surface area contributed by atoms with Gasteiger partial charge in [-0.3, -0.25) is 4.79 Å². The number of nitrogens with two attached hydrogens (primary N) is 1. The van der Waals surface area contributed by atoms with Crippen LogP contribution >= 0.6 is 0 Å². The molecule has 1 fully saturated rings. The second-order valence-electron chi connectivity index (χ2n) is 4.56. The largest absolute Gasteiger partial charge is 0.393 e. The molecule has 1 amide bonds. The number of alkyl halides is 3. The Morgan fingerprint density at radius 1 is 1.41 bits per heavy atom. The molecule has 3 N–H and O–H groups in total. The molecule has 0 saturated heterocycles. The first-order chi connectivity index (χ1) is 7.86. The molecule has 0 radical (unpaired) electrons. The van der Waals surface area contributed by atoms with E-state index in [1.165, 1.54) is 0 Å². The molecule has 100 valence electrons. The lowest BCUT2D eigenvalue weighted by Crippen LogP contribution is -2.51. The minimum absolute atomic E-state index is 0.0931. The van der Waals surface area contributed by atoms with E-state index < -0.39 is 30.1 Å². The zero-order chi connectivity index (χ0) is 13.1. The van der Waals surface area contributed by atoms with Gasteiger partial charge in [-0.15, -0.1) is 0 Å². The van der Waals surface area contributed by atoms with E-state index in [0.29, 0.717) is 19.3 Å². The fourth-order valence-electron chi connectivity index (χ4n) is 2.17. The average molecular weight is 252 g/mol. The van der Waals surface area contributed by atoms with Crippen molar-refractivity contribution in [3.8, 4) is 0 Å². The van der Waals surface area contributed by atoms with E-state index in [-0.39, 0.29) is 6.42 Å². The lowest BCUT2D eigenvalue weighted by Gasteiger charge is -2.34. The van der Waals surface area contributed by atoms with Crippen molar-refractivity contribution in [3.63, 3.8) is 0 Å². The topological polar surface area (TPSA) is 55.1 Å². The van der Waals surface area contributed by atoms with Crippen molar-refractivity contribution in [1.82, 2.24) is 5.32 Å². The number of rotatable bonds is 3. The summed E-state index contributed by atoms with van der Waals surface area (Å²) in [6, 6.07) is -1.53. The average Bonchev–Trinajstić information content (AvgIpc) is 2.27. The number of carbonyl (C=O) groups is 1. The summed E-state index contributed by atoms with van der Waals surface area (Å²) in [7, 11) is 0. The highest BCUT2D eigenvalue weighted by Gasteiger charge is 2.46. The molecule has 17 heavy (non-hydrogen) atoms. The molecule has 0 bridgehead atoms. The smallest absolute Gasteiger partial charge is 0.351 e. The highest BCUT2D eigenvalue weighted by Crippen LogP contribution is 2.37. The lowest BCUT2D eigenvalue weighted by atomic mass is 9.84. The van der Waals surface area contributed by atoms with Gasteiger partial charge < -0.3 is 11.1 Å². The first-order valence-corrected chi connectivity index (χ1v) is 5.99. The fourth-order valence-corrected chi connectivity index (χ4v) is 2.17. The van der Waals surface area contributed by atoms with E-state index in [2.05, 4.69) is 5.32 Å². The van der Waals surface area contributed by atoms with Crippen LogP contribution in [0.4, 0.5) is 13.2 Å². The van der Waals surface area contributed by atoms with Crippen molar-refractivity contribution in [3.05, 3.63) is 0 Å². The summed E-state index contributed by atoms with van der Waals surface area (Å²) in [4.78, 5) is 11.5. The first-order valence-electron chi connectivity index (χ1n) is 5.99. The van der Waals surface area contributed by atoms with Crippen molar-refractivity contribution < 1.29 is 18.0 Å². The summed E-state index contributed by atoms with van der Waals surface area (Å²) in [5.41, 5.74) is 5.49. The molecule has 1 saturated carbocycles. The van der Waals surface area contributed by atoms with Gasteiger partial charge in [0.25, 0.3) is 0 Å². The minimum Gasteiger partial charge on any atom is -0.351 e. The van der Waals surface area contributed by atoms with Gasteiger partial charge in [0, 0.05) is 6.04 Å². The van der Waals surface area contributed by atoms with E-state index in [0.717, 1.165) is 6.42 Å². The van der Waals surface area contributed by atoms with E-state index in [1.54, 1.807) is 6.92 Å². The molecule has 0 aromatic rings. The molecule has 0 aromatic carbocycles. The number of carbonyl (C=O) groups excluding carboxylic acids is 1. The highest BCUT2D eigenvalue weighted by molar-refractivity contribution is 5.81. The summed E-state index contributed by atoms with van der Waals surface area (Å²) in [6.07, 6.45) is -2.05. The maximum Gasteiger partial charge on any atom is 0.393 e. The van der Waals surface area contributed by atoms with Crippen molar-refractivity contribution in [1.29, 1.82) is 0 Å². The molecule has 1 aliphatic rings. The molecule has 3 atom stereocenters. The molecule has 0 aliphatic heterocycles. The molecule has 0 spiro atoms. The van der Waals surface area contributed by atoms with Gasteiger partial charge in [0.1, 0.15) is 0 Å². The number of amides is 1. The van der Waals surface area contributed by atoms with Gasteiger partial charge >= 0.3 is 6.18 Å². The van der Waals surface area contributed by atoms with Gasteiger partial charge in [0.05, 0.1) is 12.0 Å². The van der Waals surface area contributed by atoms with Gasteiger partial charge in [-0.2, -0.15) is 13.2 Å². The predicted molar refractivity (Wildman–Crippen MR) is 58.2 cm³/mol. The normalized spacial score (nSPS) is 27.6. The maximum atomic E-state index is 12.7. The van der Waals surface area contributed by atoms with Crippen LogP contribution < -0.4 is 11.1 Å². The van der Waals surface area contributed by atoms with Gasteiger partial charge in [-0.05, 0) is 19.3 Å². The highest BCUT2D eigenvalue weighted by atomic mass is 19.4. The van der Waals surface area contributed by atoms with Crippen LogP contribution in [0.25, 0.3) is 0 Å². The molecule has 0 heterocycles. The molecule has 1 rings (SSSR count). The van der Waals surface area contributed by atoms with Crippen LogP contribution in [-0.4, -0.2) is 24.2 Å². The van der Waals surface area contributed by atoms with E-state index >= 15 is 0 Å². The van der Waals surface area contributed by atoms with Crippen LogP contribution in [0.2, 0.25) is 0 Å². The summed E-state index contributed by atoms with van der Waals surface area (Å²) in [6.45, 7) is 1.73. The van der Waals surface area contributed by atoms with Crippen LogP contribution in [0.3, 0.4) is 0 Å². The van der Waals surface area contributed by atoms with Crippen LogP contribution in [0.5, 0.6) is 0 Å².